The Morgan fingerprint density at radius 1 is 1.08 bits per heavy atom. The molecule has 26 heavy (non-hydrogen) atoms. The van der Waals surface area contributed by atoms with Gasteiger partial charge in [-0.25, -0.2) is 9.18 Å². The van der Waals surface area contributed by atoms with Gasteiger partial charge in [-0.3, -0.25) is 14.4 Å². The first kappa shape index (κ1) is 21.1. The second-order valence-electron chi connectivity index (χ2n) is 5.45. The Kier molecular flexibility index (Phi) is 8.20. The number of rotatable bonds is 8. The molecule has 0 heterocycles. The molecular formula is C17H21FN2O6. The van der Waals surface area contributed by atoms with Crippen molar-refractivity contribution in [3.05, 3.63) is 35.6 Å². The van der Waals surface area contributed by atoms with Gasteiger partial charge in [-0.15, -0.1) is 0 Å². The number of hydrogen-bond donors (Lipinski definition) is 2. The fourth-order valence-corrected chi connectivity index (χ4v) is 2.21. The summed E-state index contributed by atoms with van der Waals surface area (Å²) in [4.78, 5) is 47.0. The third kappa shape index (κ3) is 6.88. The van der Waals surface area contributed by atoms with E-state index < -0.39 is 48.1 Å². The normalized spacial score (nSPS) is 12.5. The van der Waals surface area contributed by atoms with Crippen LogP contribution in [0.2, 0.25) is 0 Å². The number of amides is 2. The number of esters is 2. The van der Waals surface area contributed by atoms with Gasteiger partial charge in [-0.2, -0.15) is 0 Å². The van der Waals surface area contributed by atoms with Gasteiger partial charge in [0.25, 0.3) is 0 Å². The molecule has 0 aromatic heterocycles. The van der Waals surface area contributed by atoms with Gasteiger partial charge in [0.1, 0.15) is 17.9 Å². The van der Waals surface area contributed by atoms with Crippen LogP contribution < -0.4 is 10.6 Å². The Morgan fingerprint density at radius 2 is 1.77 bits per heavy atom. The largest absolute Gasteiger partial charge is 0.469 e. The lowest BCUT2D eigenvalue weighted by Crippen LogP contribution is -2.52. The standard InChI is InChI=1S/C17H21FN2O6/c1-10(21)19-13(8-11-5-4-6-12(18)7-11)16(23)20-14(17(24)26-3)9-15(22)25-2/h4-7,13-14H,8-9H2,1-3H3,(H,19,21)(H,20,23)/t13-,14+/m1/s1. The summed E-state index contributed by atoms with van der Waals surface area (Å²) >= 11 is 0. The summed E-state index contributed by atoms with van der Waals surface area (Å²) in [6.45, 7) is 1.22. The van der Waals surface area contributed by atoms with Crippen LogP contribution in [0, 0.1) is 5.82 Å². The summed E-state index contributed by atoms with van der Waals surface area (Å²) in [5.41, 5.74) is 0.474. The van der Waals surface area contributed by atoms with E-state index in [2.05, 4.69) is 20.1 Å². The summed E-state index contributed by atoms with van der Waals surface area (Å²) in [5.74, 6) is -3.24. The van der Waals surface area contributed by atoms with E-state index >= 15 is 0 Å². The maximum Gasteiger partial charge on any atom is 0.328 e. The molecule has 2 N–H and O–H groups in total. The number of carbonyl (C=O) groups excluding carboxylic acids is 4. The lowest BCUT2D eigenvalue weighted by Gasteiger charge is -2.21. The maximum atomic E-state index is 13.3. The molecule has 0 saturated heterocycles. The van der Waals surface area contributed by atoms with Crippen LogP contribution in [0.5, 0.6) is 0 Å². The molecule has 1 aromatic rings. The highest BCUT2D eigenvalue weighted by atomic mass is 19.1. The quantitative estimate of drug-likeness (QED) is 0.630. The van der Waals surface area contributed by atoms with Crippen LogP contribution in [0.15, 0.2) is 24.3 Å². The molecule has 2 atom stereocenters. The number of methoxy groups -OCH3 is 2. The lowest BCUT2D eigenvalue weighted by atomic mass is 10.0. The van der Waals surface area contributed by atoms with Crippen molar-refractivity contribution in [3.63, 3.8) is 0 Å². The fraction of sp³-hybridized carbons (Fsp3) is 0.412. The Hall–Kier alpha value is -2.97. The second kappa shape index (κ2) is 10.1. The van der Waals surface area contributed by atoms with E-state index in [1.54, 1.807) is 6.07 Å². The molecule has 2 amide bonds. The van der Waals surface area contributed by atoms with Crippen LogP contribution in [0.25, 0.3) is 0 Å². The van der Waals surface area contributed by atoms with Gasteiger partial charge in [-0.05, 0) is 17.7 Å². The first-order chi connectivity index (χ1) is 12.3. The molecule has 1 aromatic carbocycles. The van der Waals surface area contributed by atoms with E-state index in [1.165, 1.54) is 25.1 Å². The summed E-state index contributed by atoms with van der Waals surface area (Å²) in [6, 6.07) is 3.21. The molecule has 0 aliphatic carbocycles. The molecular weight excluding hydrogens is 347 g/mol. The summed E-state index contributed by atoms with van der Waals surface area (Å²) in [7, 11) is 2.25. The van der Waals surface area contributed by atoms with E-state index in [1.807, 2.05) is 0 Å². The molecule has 9 heteroatoms. The molecule has 0 bridgehead atoms. The first-order valence-corrected chi connectivity index (χ1v) is 7.73. The first-order valence-electron chi connectivity index (χ1n) is 7.73. The van der Waals surface area contributed by atoms with Crippen LogP contribution in [-0.4, -0.2) is 50.1 Å². The Morgan fingerprint density at radius 3 is 2.31 bits per heavy atom. The molecule has 0 aliphatic rings. The van der Waals surface area contributed by atoms with Crippen molar-refractivity contribution in [2.24, 2.45) is 0 Å². The summed E-state index contributed by atoms with van der Waals surface area (Å²) in [5, 5.41) is 4.79. The predicted octanol–water partition coefficient (Wildman–Crippen LogP) is 0.0938. The average Bonchev–Trinajstić information content (AvgIpc) is 2.59. The number of nitrogens with one attached hydrogen (secondary N) is 2. The Bertz CT molecular complexity index is 679. The van der Waals surface area contributed by atoms with E-state index in [4.69, 9.17) is 0 Å². The van der Waals surface area contributed by atoms with Crippen molar-refractivity contribution in [1.29, 1.82) is 0 Å². The van der Waals surface area contributed by atoms with Crippen LogP contribution in [0.3, 0.4) is 0 Å². The number of halogens is 1. The van der Waals surface area contributed by atoms with Crippen LogP contribution >= 0.6 is 0 Å². The van der Waals surface area contributed by atoms with Crippen molar-refractivity contribution >= 4 is 23.8 Å². The van der Waals surface area contributed by atoms with Crippen LogP contribution in [0.4, 0.5) is 4.39 Å². The third-order valence-electron chi connectivity index (χ3n) is 3.42. The monoisotopic (exact) mass is 368 g/mol. The molecule has 0 saturated carbocycles. The molecule has 8 nitrogen and oxygen atoms in total. The number of hydrogen-bond acceptors (Lipinski definition) is 6. The molecule has 0 unspecified atom stereocenters. The minimum atomic E-state index is -1.27. The highest BCUT2D eigenvalue weighted by Crippen LogP contribution is 2.08. The van der Waals surface area contributed by atoms with Crippen molar-refractivity contribution in [2.75, 3.05) is 14.2 Å². The van der Waals surface area contributed by atoms with Gasteiger partial charge in [0.15, 0.2) is 0 Å². The van der Waals surface area contributed by atoms with Crippen LogP contribution in [0.1, 0.15) is 18.9 Å². The number of ether oxygens (including phenoxy) is 2. The minimum absolute atomic E-state index is 0.00467. The van der Waals surface area contributed by atoms with Gasteiger partial charge >= 0.3 is 11.9 Å². The zero-order valence-electron chi connectivity index (χ0n) is 14.7. The van der Waals surface area contributed by atoms with E-state index in [0.29, 0.717) is 5.56 Å². The maximum absolute atomic E-state index is 13.3. The van der Waals surface area contributed by atoms with Gasteiger partial charge in [0.05, 0.1) is 20.6 Å². The molecule has 0 radical (unpaired) electrons. The number of carbonyl (C=O) groups is 4. The molecule has 142 valence electrons. The van der Waals surface area contributed by atoms with Crippen LogP contribution in [-0.2, 0) is 35.1 Å². The van der Waals surface area contributed by atoms with Gasteiger partial charge < -0.3 is 20.1 Å². The summed E-state index contributed by atoms with van der Waals surface area (Å²) < 4.78 is 22.4. The van der Waals surface area contributed by atoms with E-state index in [9.17, 15) is 23.6 Å². The zero-order valence-corrected chi connectivity index (χ0v) is 14.7. The molecule has 0 fully saturated rings. The van der Waals surface area contributed by atoms with E-state index in [0.717, 1.165) is 14.2 Å². The summed E-state index contributed by atoms with van der Waals surface area (Å²) in [6.07, 6.45) is -0.434. The molecule has 1 rings (SSSR count). The van der Waals surface area contributed by atoms with Gasteiger partial charge in [0, 0.05) is 13.3 Å². The van der Waals surface area contributed by atoms with Crippen molar-refractivity contribution < 1.29 is 33.0 Å². The van der Waals surface area contributed by atoms with Gasteiger partial charge in [0.2, 0.25) is 11.8 Å². The minimum Gasteiger partial charge on any atom is -0.469 e. The second-order valence-corrected chi connectivity index (χ2v) is 5.45. The van der Waals surface area contributed by atoms with Gasteiger partial charge in [-0.1, -0.05) is 12.1 Å². The fourth-order valence-electron chi connectivity index (χ4n) is 2.21. The zero-order chi connectivity index (χ0) is 19.7. The smallest absolute Gasteiger partial charge is 0.328 e. The van der Waals surface area contributed by atoms with E-state index in [-0.39, 0.29) is 6.42 Å². The highest BCUT2D eigenvalue weighted by Gasteiger charge is 2.29. The lowest BCUT2D eigenvalue weighted by molar-refractivity contribution is -0.151. The molecule has 0 aliphatic heterocycles. The molecule has 0 spiro atoms. The average molecular weight is 368 g/mol. The predicted molar refractivity (Wildman–Crippen MR) is 88.3 cm³/mol. The SMILES string of the molecule is COC(=O)C[C@H](NC(=O)[C@@H](Cc1cccc(F)c1)NC(C)=O)C(=O)OC. The third-order valence-corrected chi connectivity index (χ3v) is 3.42. The number of benzene rings is 1. The Labute approximate surface area is 150 Å². The highest BCUT2D eigenvalue weighted by molar-refractivity contribution is 5.92. The topological polar surface area (TPSA) is 111 Å². The van der Waals surface area contributed by atoms with Crippen molar-refractivity contribution in [2.45, 2.75) is 31.8 Å². The van der Waals surface area contributed by atoms with Crippen molar-refractivity contribution in [3.8, 4) is 0 Å². The van der Waals surface area contributed by atoms with Crippen molar-refractivity contribution in [1.82, 2.24) is 10.6 Å². The Balaban J connectivity index is 2.93.